The highest BCUT2D eigenvalue weighted by Gasteiger charge is 2.23. The molecule has 0 amide bonds. The van der Waals surface area contributed by atoms with E-state index in [0.29, 0.717) is 6.04 Å². The van der Waals surface area contributed by atoms with Gasteiger partial charge in [0, 0.05) is 23.8 Å². The third-order valence-electron chi connectivity index (χ3n) is 4.51. The van der Waals surface area contributed by atoms with Crippen molar-refractivity contribution in [2.45, 2.75) is 39.3 Å². The van der Waals surface area contributed by atoms with E-state index < -0.39 is 0 Å². The molecule has 21 heavy (non-hydrogen) atoms. The highest BCUT2D eigenvalue weighted by atomic mass is 16.1. The molecule has 108 valence electrons. The first-order valence-electron chi connectivity index (χ1n) is 7.58. The van der Waals surface area contributed by atoms with Crippen LogP contribution in [-0.2, 0) is 13.0 Å². The number of aryl methyl sites for hydroxylation is 2. The van der Waals surface area contributed by atoms with Crippen molar-refractivity contribution in [3.05, 3.63) is 64.7 Å². The van der Waals surface area contributed by atoms with Crippen molar-refractivity contribution in [2.24, 2.45) is 0 Å². The second kappa shape index (κ2) is 5.72. The van der Waals surface area contributed by atoms with E-state index in [-0.39, 0.29) is 0 Å². The van der Waals surface area contributed by atoms with Crippen LogP contribution in [0.2, 0.25) is 0 Å². The Morgan fingerprint density at radius 3 is 2.86 bits per heavy atom. The Labute approximate surface area is 126 Å². The lowest BCUT2D eigenvalue weighted by atomic mass is 9.95. The Morgan fingerprint density at radius 2 is 2.05 bits per heavy atom. The van der Waals surface area contributed by atoms with Crippen LogP contribution in [0.3, 0.4) is 0 Å². The molecule has 0 saturated heterocycles. The number of nitrogens with zero attached hydrogens (tertiary/aromatic N) is 1. The molecule has 2 nitrogen and oxygen atoms in total. The van der Waals surface area contributed by atoms with Gasteiger partial charge in [-0.2, -0.15) is 0 Å². The topological polar surface area (TPSA) is 20.3 Å². The number of aldehydes is 1. The SMILES string of the molecule is Cc1ccc(C=O)cc1CN1c2ccccc2CCC1C. The van der Waals surface area contributed by atoms with Crippen LogP contribution in [0.25, 0.3) is 0 Å². The van der Waals surface area contributed by atoms with Gasteiger partial charge in [-0.25, -0.2) is 0 Å². The largest absolute Gasteiger partial charge is 0.364 e. The zero-order valence-corrected chi connectivity index (χ0v) is 12.7. The lowest BCUT2D eigenvalue weighted by Crippen LogP contribution is -2.36. The molecular weight excluding hydrogens is 258 g/mol. The summed E-state index contributed by atoms with van der Waals surface area (Å²) in [4.78, 5) is 13.5. The molecule has 3 rings (SSSR count). The molecule has 1 heterocycles. The minimum Gasteiger partial charge on any atom is -0.364 e. The molecule has 0 spiro atoms. The van der Waals surface area contributed by atoms with E-state index in [0.717, 1.165) is 24.8 Å². The van der Waals surface area contributed by atoms with Crippen molar-refractivity contribution in [2.75, 3.05) is 4.90 Å². The van der Waals surface area contributed by atoms with Crippen LogP contribution in [0.4, 0.5) is 5.69 Å². The lowest BCUT2D eigenvalue weighted by Gasteiger charge is -2.37. The first kappa shape index (κ1) is 13.9. The summed E-state index contributed by atoms with van der Waals surface area (Å²) in [7, 11) is 0. The summed E-state index contributed by atoms with van der Waals surface area (Å²) in [6, 6.07) is 15.1. The van der Waals surface area contributed by atoms with Crippen molar-refractivity contribution in [3.8, 4) is 0 Å². The molecule has 2 aromatic carbocycles. The monoisotopic (exact) mass is 279 g/mol. The number of carbonyl (C=O) groups is 1. The molecule has 1 aliphatic heterocycles. The Hall–Kier alpha value is -2.09. The molecule has 1 unspecified atom stereocenters. The number of fused-ring (bicyclic) bond motifs is 1. The zero-order valence-electron chi connectivity index (χ0n) is 12.7. The third-order valence-corrected chi connectivity index (χ3v) is 4.51. The Bertz CT molecular complexity index is 662. The Morgan fingerprint density at radius 1 is 1.24 bits per heavy atom. The van der Waals surface area contributed by atoms with Crippen molar-refractivity contribution >= 4 is 12.0 Å². The quantitative estimate of drug-likeness (QED) is 0.787. The summed E-state index contributed by atoms with van der Waals surface area (Å²) in [6.07, 6.45) is 3.27. The molecule has 0 aromatic heterocycles. The fourth-order valence-electron chi connectivity index (χ4n) is 3.12. The van der Waals surface area contributed by atoms with E-state index in [9.17, 15) is 4.79 Å². The van der Waals surface area contributed by atoms with Gasteiger partial charge in [-0.3, -0.25) is 4.79 Å². The highest BCUT2D eigenvalue weighted by molar-refractivity contribution is 5.75. The van der Waals surface area contributed by atoms with Gasteiger partial charge in [0.2, 0.25) is 0 Å². The van der Waals surface area contributed by atoms with Crippen LogP contribution in [0, 0.1) is 6.92 Å². The van der Waals surface area contributed by atoms with Crippen molar-refractivity contribution in [1.82, 2.24) is 0 Å². The van der Waals surface area contributed by atoms with Gasteiger partial charge < -0.3 is 4.90 Å². The minimum atomic E-state index is 0.527. The van der Waals surface area contributed by atoms with Crippen LogP contribution < -0.4 is 4.90 Å². The summed E-state index contributed by atoms with van der Waals surface area (Å²) < 4.78 is 0. The van der Waals surface area contributed by atoms with Crippen LogP contribution >= 0.6 is 0 Å². The summed E-state index contributed by atoms with van der Waals surface area (Å²) in [5, 5.41) is 0. The van der Waals surface area contributed by atoms with E-state index in [1.165, 1.54) is 28.8 Å². The second-order valence-electron chi connectivity index (χ2n) is 5.95. The van der Waals surface area contributed by atoms with Crippen molar-refractivity contribution in [1.29, 1.82) is 0 Å². The fraction of sp³-hybridized carbons (Fsp3) is 0.316. The predicted octanol–water partition coefficient (Wildman–Crippen LogP) is 4.15. The number of hydrogen-bond donors (Lipinski definition) is 0. The van der Waals surface area contributed by atoms with E-state index in [4.69, 9.17) is 0 Å². The molecule has 0 aliphatic carbocycles. The predicted molar refractivity (Wildman–Crippen MR) is 87.0 cm³/mol. The molecule has 2 aromatic rings. The van der Waals surface area contributed by atoms with Crippen molar-refractivity contribution < 1.29 is 4.79 Å². The molecule has 1 atom stereocenters. The number of anilines is 1. The number of benzene rings is 2. The Balaban J connectivity index is 1.96. The van der Waals surface area contributed by atoms with Crippen LogP contribution in [0.1, 0.15) is 40.4 Å². The lowest BCUT2D eigenvalue weighted by molar-refractivity contribution is 0.112. The average Bonchev–Trinajstić information content (AvgIpc) is 2.52. The van der Waals surface area contributed by atoms with Gasteiger partial charge in [0.1, 0.15) is 6.29 Å². The summed E-state index contributed by atoms with van der Waals surface area (Å²) >= 11 is 0. The van der Waals surface area contributed by atoms with E-state index in [2.05, 4.69) is 43.0 Å². The maximum Gasteiger partial charge on any atom is 0.150 e. The van der Waals surface area contributed by atoms with Gasteiger partial charge in [0.25, 0.3) is 0 Å². The zero-order chi connectivity index (χ0) is 14.8. The van der Waals surface area contributed by atoms with Crippen LogP contribution in [-0.4, -0.2) is 12.3 Å². The maximum atomic E-state index is 11.0. The normalized spacial score (nSPS) is 17.4. The smallest absolute Gasteiger partial charge is 0.150 e. The third kappa shape index (κ3) is 2.71. The van der Waals surface area contributed by atoms with E-state index in [1.807, 2.05) is 18.2 Å². The minimum absolute atomic E-state index is 0.527. The van der Waals surface area contributed by atoms with E-state index >= 15 is 0 Å². The molecule has 0 fully saturated rings. The molecule has 0 bridgehead atoms. The molecule has 2 heteroatoms. The van der Waals surface area contributed by atoms with Gasteiger partial charge in [-0.15, -0.1) is 0 Å². The standard InChI is InChI=1S/C19H21NO/c1-14-7-9-16(13-21)11-18(14)12-20-15(2)8-10-17-5-3-4-6-19(17)20/h3-7,9,11,13,15H,8,10,12H2,1-2H3. The first-order chi connectivity index (χ1) is 10.2. The second-order valence-corrected chi connectivity index (χ2v) is 5.95. The summed E-state index contributed by atoms with van der Waals surface area (Å²) in [6.45, 7) is 5.27. The van der Waals surface area contributed by atoms with Gasteiger partial charge >= 0.3 is 0 Å². The number of rotatable bonds is 3. The van der Waals surface area contributed by atoms with Gasteiger partial charge in [-0.1, -0.05) is 30.3 Å². The molecule has 0 radical (unpaired) electrons. The number of carbonyl (C=O) groups excluding carboxylic acids is 1. The van der Waals surface area contributed by atoms with Gasteiger partial charge in [-0.05, 0) is 55.5 Å². The molecule has 0 N–H and O–H groups in total. The van der Waals surface area contributed by atoms with Gasteiger partial charge in [0.15, 0.2) is 0 Å². The maximum absolute atomic E-state index is 11.0. The van der Waals surface area contributed by atoms with Crippen LogP contribution in [0.5, 0.6) is 0 Å². The molecule has 1 aliphatic rings. The number of para-hydroxylation sites is 1. The van der Waals surface area contributed by atoms with Gasteiger partial charge in [0.05, 0.1) is 0 Å². The number of hydrogen-bond acceptors (Lipinski definition) is 2. The van der Waals surface area contributed by atoms with E-state index in [1.54, 1.807) is 0 Å². The van der Waals surface area contributed by atoms with Crippen molar-refractivity contribution in [3.63, 3.8) is 0 Å². The van der Waals surface area contributed by atoms with Crippen LogP contribution in [0.15, 0.2) is 42.5 Å². The average molecular weight is 279 g/mol. The molecule has 0 saturated carbocycles. The Kier molecular flexibility index (Phi) is 3.78. The first-order valence-corrected chi connectivity index (χ1v) is 7.58. The summed E-state index contributed by atoms with van der Waals surface area (Å²) in [5.41, 5.74) is 6.01. The highest BCUT2D eigenvalue weighted by Crippen LogP contribution is 2.32. The molecular formula is C19H21NO. The fourth-order valence-corrected chi connectivity index (χ4v) is 3.12. The summed E-state index contributed by atoms with van der Waals surface area (Å²) in [5.74, 6) is 0.